The molecular formula is C22H22O. The van der Waals surface area contributed by atoms with Crippen molar-refractivity contribution in [3.8, 4) is 0 Å². The zero-order valence-electron chi connectivity index (χ0n) is 13.8. The summed E-state index contributed by atoms with van der Waals surface area (Å²) in [5.41, 5.74) is 6.59. The van der Waals surface area contributed by atoms with Crippen molar-refractivity contribution in [3.05, 3.63) is 81.9 Å². The van der Waals surface area contributed by atoms with E-state index in [4.69, 9.17) is 0 Å². The molecule has 0 atom stereocenters. The van der Waals surface area contributed by atoms with Crippen LogP contribution < -0.4 is 0 Å². The monoisotopic (exact) mass is 302 g/mol. The molecule has 2 aromatic carbocycles. The number of hydrogen-bond donors (Lipinski definition) is 0. The van der Waals surface area contributed by atoms with E-state index in [9.17, 15) is 4.79 Å². The summed E-state index contributed by atoms with van der Waals surface area (Å²) in [6, 6.07) is 16.4. The minimum atomic E-state index is 0.211. The summed E-state index contributed by atoms with van der Waals surface area (Å²) in [5.74, 6) is 0.211. The average molecular weight is 302 g/mol. The van der Waals surface area contributed by atoms with Crippen LogP contribution in [0.1, 0.15) is 41.5 Å². The first-order chi connectivity index (χ1) is 11.1. The Kier molecular flexibility index (Phi) is 4.57. The number of Topliss-reactive ketones (excluding diaryl/α,β-unsaturated/α-hetero) is 1. The fourth-order valence-electron chi connectivity index (χ4n) is 3.05. The fourth-order valence-corrected chi connectivity index (χ4v) is 3.05. The third-order valence-electron chi connectivity index (χ3n) is 4.51. The van der Waals surface area contributed by atoms with Gasteiger partial charge in [-0.05, 0) is 67.5 Å². The molecule has 0 aliphatic heterocycles. The highest BCUT2D eigenvalue weighted by atomic mass is 16.1. The Hall–Kier alpha value is -2.41. The molecule has 1 fully saturated rings. The van der Waals surface area contributed by atoms with Crippen molar-refractivity contribution < 1.29 is 4.79 Å². The molecule has 0 amide bonds. The Morgan fingerprint density at radius 3 is 1.61 bits per heavy atom. The number of ketones is 1. The molecule has 1 saturated carbocycles. The number of benzene rings is 2. The molecule has 0 unspecified atom stereocenters. The van der Waals surface area contributed by atoms with Gasteiger partial charge in [-0.15, -0.1) is 0 Å². The van der Waals surface area contributed by atoms with Crippen molar-refractivity contribution in [1.82, 2.24) is 0 Å². The van der Waals surface area contributed by atoms with Crippen LogP contribution in [0.25, 0.3) is 12.2 Å². The van der Waals surface area contributed by atoms with E-state index in [2.05, 4.69) is 50.3 Å². The van der Waals surface area contributed by atoms with Crippen LogP contribution >= 0.6 is 0 Å². The molecule has 0 saturated heterocycles. The molecule has 0 radical (unpaired) electrons. The maximum atomic E-state index is 12.8. The van der Waals surface area contributed by atoms with Gasteiger partial charge < -0.3 is 0 Å². The van der Waals surface area contributed by atoms with Gasteiger partial charge in [0.15, 0.2) is 5.78 Å². The standard InChI is InChI=1S/C22H22O/c1-16-8-3-5-10-18(16)14-20-12-7-13-21(22(20)23)15-19-11-6-4-9-17(19)2/h3-6,8-11,14-15H,7,12-13H2,1-2H3/b20-14-,21-15+. The van der Waals surface area contributed by atoms with Crippen LogP contribution in [0, 0.1) is 13.8 Å². The van der Waals surface area contributed by atoms with Crippen LogP contribution in [0.4, 0.5) is 0 Å². The lowest BCUT2D eigenvalue weighted by Gasteiger charge is -2.17. The number of hydrogen-bond acceptors (Lipinski definition) is 1. The number of rotatable bonds is 2. The van der Waals surface area contributed by atoms with E-state index in [0.29, 0.717) is 0 Å². The molecule has 2 aromatic rings. The van der Waals surface area contributed by atoms with Gasteiger partial charge in [0.05, 0.1) is 0 Å². The molecule has 0 bridgehead atoms. The SMILES string of the molecule is Cc1ccccc1/C=C1/CCC/C(=C\c2ccccc2C)C1=O. The minimum absolute atomic E-state index is 0.211. The summed E-state index contributed by atoms with van der Waals surface area (Å²) >= 11 is 0. The van der Waals surface area contributed by atoms with Gasteiger partial charge in [-0.2, -0.15) is 0 Å². The van der Waals surface area contributed by atoms with Gasteiger partial charge in [0, 0.05) is 11.1 Å². The van der Waals surface area contributed by atoms with Gasteiger partial charge in [0.25, 0.3) is 0 Å². The Morgan fingerprint density at radius 2 is 1.17 bits per heavy atom. The van der Waals surface area contributed by atoms with Crippen LogP contribution in [-0.4, -0.2) is 5.78 Å². The van der Waals surface area contributed by atoms with Crippen molar-refractivity contribution in [2.24, 2.45) is 0 Å². The first-order valence-electron chi connectivity index (χ1n) is 8.22. The summed E-state index contributed by atoms with van der Waals surface area (Å²) < 4.78 is 0. The predicted octanol–water partition coefficient (Wildman–Crippen LogP) is 5.52. The quantitative estimate of drug-likeness (QED) is 0.667. The third kappa shape index (κ3) is 3.50. The molecule has 1 aliphatic carbocycles. The molecular weight excluding hydrogens is 280 g/mol. The predicted molar refractivity (Wildman–Crippen MR) is 97.2 cm³/mol. The topological polar surface area (TPSA) is 17.1 Å². The summed E-state index contributed by atoms with van der Waals surface area (Å²) in [6.45, 7) is 4.17. The van der Waals surface area contributed by atoms with E-state index in [1.807, 2.05) is 24.3 Å². The lowest BCUT2D eigenvalue weighted by molar-refractivity contribution is -0.112. The van der Waals surface area contributed by atoms with Crippen LogP contribution in [0.2, 0.25) is 0 Å². The van der Waals surface area contributed by atoms with Crippen LogP contribution in [0.3, 0.4) is 0 Å². The second kappa shape index (κ2) is 6.78. The van der Waals surface area contributed by atoms with E-state index < -0.39 is 0 Å². The lowest BCUT2D eigenvalue weighted by Crippen LogP contribution is -2.12. The van der Waals surface area contributed by atoms with Gasteiger partial charge in [-0.1, -0.05) is 48.5 Å². The van der Waals surface area contributed by atoms with Crippen LogP contribution in [-0.2, 0) is 4.79 Å². The van der Waals surface area contributed by atoms with Crippen molar-refractivity contribution >= 4 is 17.9 Å². The number of allylic oxidation sites excluding steroid dienone is 2. The van der Waals surface area contributed by atoms with Crippen molar-refractivity contribution in [1.29, 1.82) is 0 Å². The molecule has 1 nitrogen and oxygen atoms in total. The summed E-state index contributed by atoms with van der Waals surface area (Å²) in [4.78, 5) is 12.8. The largest absolute Gasteiger partial charge is 0.289 e. The summed E-state index contributed by atoms with van der Waals surface area (Å²) in [7, 11) is 0. The molecule has 0 N–H and O–H groups in total. The molecule has 3 rings (SSSR count). The minimum Gasteiger partial charge on any atom is -0.289 e. The Bertz CT molecular complexity index is 728. The highest BCUT2D eigenvalue weighted by Gasteiger charge is 2.20. The summed E-state index contributed by atoms with van der Waals surface area (Å²) in [6.07, 6.45) is 6.93. The first-order valence-corrected chi connectivity index (χ1v) is 8.22. The van der Waals surface area contributed by atoms with Crippen LogP contribution in [0.15, 0.2) is 59.7 Å². The van der Waals surface area contributed by atoms with Gasteiger partial charge in [0.1, 0.15) is 0 Å². The lowest BCUT2D eigenvalue weighted by atomic mass is 9.86. The maximum Gasteiger partial charge on any atom is 0.185 e. The van der Waals surface area contributed by atoms with Crippen LogP contribution in [0.5, 0.6) is 0 Å². The molecule has 1 aliphatic rings. The zero-order chi connectivity index (χ0) is 16.2. The number of carbonyl (C=O) groups is 1. The second-order valence-corrected chi connectivity index (χ2v) is 6.24. The molecule has 23 heavy (non-hydrogen) atoms. The molecule has 1 heteroatoms. The first kappa shape index (κ1) is 15.5. The zero-order valence-corrected chi connectivity index (χ0v) is 13.8. The van der Waals surface area contributed by atoms with Crippen molar-refractivity contribution in [2.75, 3.05) is 0 Å². The average Bonchev–Trinajstić information content (AvgIpc) is 2.55. The van der Waals surface area contributed by atoms with Crippen molar-refractivity contribution in [3.63, 3.8) is 0 Å². The molecule has 0 heterocycles. The van der Waals surface area contributed by atoms with Gasteiger partial charge >= 0.3 is 0 Å². The fraction of sp³-hybridized carbons (Fsp3) is 0.227. The normalized spacial score (nSPS) is 18.6. The van der Waals surface area contributed by atoms with Gasteiger partial charge in [0.2, 0.25) is 0 Å². The second-order valence-electron chi connectivity index (χ2n) is 6.24. The maximum absolute atomic E-state index is 12.8. The number of carbonyl (C=O) groups excluding carboxylic acids is 1. The van der Waals surface area contributed by atoms with Gasteiger partial charge in [-0.3, -0.25) is 4.79 Å². The number of aryl methyl sites for hydroxylation is 2. The van der Waals surface area contributed by atoms with E-state index in [0.717, 1.165) is 41.5 Å². The Labute approximate surface area is 138 Å². The highest BCUT2D eigenvalue weighted by Crippen LogP contribution is 2.29. The third-order valence-corrected chi connectivity index (χ3v) is 4.51. The van der Waals surface area contributed by atoms with Crippen molar-refractivity contribution in [2.45, 2.75) is 33.1 Å². The van der Waals surface area contributed by atoms with E-state index in [1.54, 1.807) is 0 Å². The molecule has 0 spiro atoms. The summed E-state index contributed by atoms with van der Waals surface area (Å²) in [5, 5.41) is 0. The molecule has 0 aromatic heterocycles. The Balaban J connectivity index is 1.93. The van der Waals surface area contributed by atoms with Gasteiger partial charge in [-0.25, -0.2) is 0 Å². The highest BCUT2D eigenvalue weighted by molar-refractivity contribution is 6.14. The van der Waals surface area contributed by atoms with E-state index in [-0.39, 0.29) is 5.78 Å². The smallest absolute Gasteiger partial charge is 0.185 e. The molecule has 116 valence electrons. The van der Waals surface area contributed by atoms with E-state index in [1.165, 1.54) is 11.1 Å². The van der Waals surface area contributed by atoms with E-state index >= 15 is 0 Å². The Morgan fingerprint density at radius 1 is 0.739 bits per heavy atom.